The summed E-state index contributed by atoms with van der Waals surface area (Å²) in [5.74, 6) is 0.580. The third-order valence-corrected chi connectivity index (χ3v) is 5.00. The van der Waals surface area contributed by atoms with Crippen molar-refractivity contribution in [1.82, 2.24) is 0 Å². The van der Waals surface area contributed by atoms with Crippen LogP contribution in [0.15, 0.2) is 15.2 Å². The summed E-state index contributed by atoms with van der Waals surface area (Å²) in [5, 5.41) is 4.72. The van der Waals surface area contributed by atoms with E-state index in [0.717, 1.165) is 0 Å². The average molecular weight is 280 g/mol. The third kappa shape index (κ3) is 2.11. The van der Waals surface area contributed by atoms with Crippen LogP contribution in [0, 0.1) is 0 Å². The van der Waals surface area contributed by atoms with Crippen molar-refractivity contribution >= 4 is 38.9 Å². The zero-order chi connectivity index (χ0) is 9.26. The van der Waals surface area contributed by atoms with E-state index in [9.17, 15) is 0 Å². The number of hydrogen-bond acceptors (Lipinski definition) is 1. The predicted molar refractivity (Wildman–Crippen MR) is 62.9 cm³/mol. The van der Waals surface area contributed by atoms with E-state index >= 15 is 0 Å². The fraction of sp³-hybridized carbons (Fsp3) is 0.600. The van der Waals surface area contributed by atoms with Gasteiger partial charge in [-0.2, -0.15) is 11.3 Å². The first kappa shape index (κ1) is 10.0. The van der Waals surface area contributed by atoms with Gasteiger partial charge in [-0.15, -0.1) is 11.6 Å². The van der Waals surface area contributed by atoms with E-state index in [1.54, 1.807) is 11.3 Å². The predicted octanol–water partition coefficient (Wildman–Crippen LogP) is 4.78. The molecule has 1 heterocycles. The van der Waals surface area contributed by atoms with Crippen molar-refractivity contribution in [2.45, 2.75) is 37.0 Å². The Morgan fingerprint density at radius 1 is 1.31 bits per heavy atom. The molecule has 0 radical (unpaired) electrons. The first-order chi connectivity index (χ1) is 6.29. The molecule has 0 N–H and O–H groups in total. The Morgan fingerprint density at radius 3 is 2.69 bits per heavy atom. The lowest BCUT2D eigenvalue weighted by atomic mass is 9.85. The second kappa shape index (κ2) is 4.33. The lowest BCUT2D eigenvalue weighted by Gasteiger charge is -2.26. The van der Waals surface area contributed by atoms with Gasteiger partial charge in [0.2, 0.25) is 0 Å². The van der Waals surface area contributed by atoms with E-state index in [0.29, 0.717) is 11.3 Å². The fourth-order valence-corrected chi connectivity index (χ4v) is 4.06. The molecule has 2 atom stereocenters. The molecule has 1 aliphatic carbocycles. The van der Waals surface area contributed by atoms with E-state index in [1.807, 2.05) is 0 Å². The molecular formula is C10H12BrClS. The van der Waals surface area contributed by atoms with Crippen molar-refractivity contribution in [3.8, 4) is 0 Å². The smallest absolute Gasteiger partial charge is 0.0405 e. The molecule has 0 spiro atoms. The summed E-state index contributed by atoms with van der Waals surface area (Å²) < 4.78 is 1.25. The zero-order valence-corrected chi connectivity index (χ0v) is 10.5. The monoisotopic (exact) mass is 278 g/mol. The lowest BCUT2D eigenvalue weighted by Crippen LogP contribution is -2.17. The van der Waals surface area contributed by atoms with Crippen LogP contribution in [-0.2, 0) is 0 Å². The maximum absolute atomic E-state index is 6.33. The van der Waals surface area contributed by atoms with Crippen molar-refractivity contribution < 1.29 is 0 Å². The summed E-state index contributed by atoms with van der Waals surface area (Å²) in [6, 6.07) is 0. The molecule has 72 valence electrons. The van der Waals surface area contributed by atoms with Gasteiger partial charge in [0.1, 0.15) is 0 Å². The highest BCUT2D eigenvalue weighted by atomic mass is 79.9. The van der Waals surface area contributed by atoms with Crippen LogP contribution in [0.2, 0.25) is 0 Å². The van der Waals surface area contributed by atoms with Crippen LogP contribution in [-0.4, -0.2) is 5.38 Å². The van der Waals surface area contributed by atoms with Crippen molar-refractivity contribution in [2.75, 3.05) is 0 Å². The van der Waals surface area contributed by atoms with E-state index in [2.05, 4.69) is 26.7 Å². The van der Waals surface area contributed by atoms with Crippen molar-refractivity contribution in [3.05, 3.63) is 20.8 Å². The van der Waals surface area contributed by atoms with Gasteiger partial charge in [-0.05, 0) is 39.7 Å². The molecule has 1 fully saturated rings. The van der Waals surface area contributed by atoms with Crippen LogP contribution >= 0.6 is 38.9 Å². The molecular weight excluding hydrogens is 268 g/mol. The second-order valence-electron chi connectivity index (χ2n) is 3.58. The van der Waals surface area contributed by atoms with Crippen LogP contribution in [0.4, 0.5) is 0 Å². The first-order valence-corrected chi connectivity index (χ1v) is 6.82. The van der Waals surface area contributed by atoms with Crippen molar-refractivity contribution in [2.24, 2.45) is 0 Å². The van der Waals surface area contributed by atoms with Crippen LogP contribution in [0.1, 0.15) is 37.2 Å². The standard InChI is InChI=1S/C10H12BrClS/c11-9-6-13-5-8(9)7-3-1-2-4-10(7)12/h5-7,10H,1-4H2. The highest BCUT2D eigenvalue weighted by Gasteiger charge is 2.26. The Morgan fingerprint density at radius 2 is 2.08 bits per heavy atom. The SMILES string of the molecule is ClC1CCCCC1c1cscc1Br. The van der Waals surface area contributed by atoms with Gasteiger partial charge in [0.25, 0.3) is 0 Å². The first-order valence-electron chi connectivity index (χ1n) is 4.64. The Balaban J connectivity index is 2.19. The summed E-state index contributed by atoms with van der Waals surface area (Å²) in [6.45, 7) is 0. The summed E-state index contributed by atoms with van der Waals surface area (Å²) in [5.41, 5.74) is 1.42. The molecule has 0 aliphatic heterocycles. The number of alkyl halides is 1. The number of halogens is 2. The van der Waals surface area contributed by atoms with Gasteiger partial charge in [0.05, 0.1) is 0 Å². The normalized spacial score (nSPS) is 29.1. The molecule has 3 heteroatoms. The Kier molecular flexibility index (Phi) is 3.33. The highest BCUT2D eigenvalue weighted by molar-refractivity contribution is 9.10. The molecule has 0 aromatic carbocycles. The number of hydrogen-bond donors (Lipinski definition) is 0. The highest BCUT2D eigenvalue weighted by Crippen LogP contribution is 2.40. The van der Waals surface area contributed by atoms with Gasteiger partial charge in [0.15, 0.2) is 0 Å². The van der Waals surface area contributed by atoms with Gasteiger partial charge >= 0.3 is 0 Å². The minimum atomic E-state index is 0.347. The third-order valence-electron chi connectivity index (χ3n) is 2.72. The Labute approximate surface area is 96.4 Å². The lowest BCUT2D eigenvalue weighted by molar-refractivity contribution is 0.450. The summed E-state index contributed by atoms with van der Waals surface area (Å²) in [4.78, 5) is 0. The quantitative estimate of drug-likeness (QED) is 0.649. The van der Waals surface area contributed by atoms with E-state index in [1.165, 1.54) is 35.7 Å². The maximum Gasteiger partial charge on any atom is 0.0405 e. The summed E-state index contributed by atoms with van der Waals surface area (Å²) in [6.07, 6.45) is 5.06. The largest absolute Gasteiger partial charge is 0.151 e. The molecule has 1 aromatic heterocycles. The molecule has 2 unspecified atom stereocenters. The average Bonchev–Trinajstić information content (AvgIpc) is 2.52. The minimum Gasteiger partial charge on any atom is -0.151 e. The Bertz CT molecular complexity index is 284. The van der Waals surface area contributed by atoms with Gasteiger partial charge in [-0.1, -0.05) is 12.8 Å². The molecule has 0 saturated heterocycles. The topological polar surface area (TPSA) is 0 Å². The van der Waals surface area contributed by atoms with Gasteiger partial charge < -0.3 is 0 Å². The van der Waals surface area contributed by atoms with Gasteiger partial charge in [-0.25, -0.2) is 0 Å². The van der Waals surface area contributed by atoms with Crippen LogP contribution in [0.25, 0.3) is 0 Å². The van der Waals surface area contributed by atoms with Crippen LogP contribution in [0.3, 0.4) is 0 Å². The van der Waals surface area contributed by atoms with E-state index < -0.39 is 0 Å². The number of thiophene rings is 1. The molecule has 1 aromatic rings. The van der Waals surface area contributed by atoms with Gasteiger partial charge in [-0.3, -0.25) is 0 Å². The van der Waals surface area contributed by atoms with Crippen LogP contribution < -0.4 is 0 Å². The number of rotatable bonds is 1. The molecule has 0 amide bonds. The molecule has 0 nitrogen and oxygen atoms in total. The van der Waals surface area contributed by atoms with Crippen molar-refractivity contribution in [3.63, 3.8) is 0 Å². The van der Waals surface area contributed by atoms with E-state index in [4.69, 9.17) is 11.6 Å². The molecule has 13 heavy (non-hydrogen) atoms. The molecule has 1 aliphatic rings. The molecule has 1 saturated carbocycles. The second-order valence-corrected chi connectivity index (χ2v) is 5.74. The Hall–Kier alpha value is 0.470. The van der Waals surface area contributed by atoms with Gasteiger partial charge in [0, 0.05) is 21.1 Å². The van der Waals surface area contributed by atoms with E-state index in [-0.39, 0.29) is 0 Å². The summed E-state index contributed by atoms with van der Waals surface area (Å²) >= 11 is 11.7. The molecule has 0 bridgehead atoms. The zero-order valence-electron chi connectivity index (χ0n) is 7.30. The minimum absolute atomic E-state index is 0.347. The maximum atomic E-state index is 6.33. The molecule has 2 rings (SSSR count). The summed E-state index contributed by atoms with van der Waals surface area (Å²) in [7, 11) is 0. The van der Waals surface area contributed by atoms with Crippen LogP contribution in [0.5, 0.6) is 0 Å². The van der Waals surface area contributed by atoms with Crippen molar-refractivity contribution in [1.29, 1.82) is 0 Å². The fourth-order valence-electron chi connectivity index (χ4n) is 1.99.